The number of piperidine rings is 1. The quantitative estimate of drug-likeness (QED) is 0.758. The van der Waals surface area contributed by atoms with Gasteiger partial charge in [0.25, 0.3) is 0 Å². The molecule has 4 nitrogen and oxygen atoms in total. The summed E-state index contributed by atoms with van der Waals surface area (Å²) in [7, 11) is 0. The van der Waals surface area contributed by atoms with Gasteiger partial charge in [-0.3, -0.25) is 9.59 Å². The van der Waals surface area contributed by atoms with Crippen LogP contribution in [-0.4, -0.2) is 23.5 Å². The molecule has 17 heavy (non-hydrogen) atoms. The van der Waals surface area contributed by atoms with Gasteiger partial charge in [0.15, 0.2) is 0 Å². The molecule has 0 aromatic heterocycles. The molecule has 1 aromatic carbocycles. The Balaban J connectivity index is 2.18. The zero-order chi connectivity index (χ0) is 12.4. The minimum absolute atomic E-state index is 0.149. The van der Waals surface area contributed by atoms with E-state index < -0.39 is 17.8 Å². The van der Waals surface area contributed by atoms with E-state index in [1.807, 2.05) is 0 Å². The lowest BCUT2D eigenvalue weighted by atomic mass is 9.85. The van der Waals surface area contributed by atoms with Crippen LogP contribution < -0.4 is 5.32 Å². The Kier molecular flexibility index (Phi) is 3.08. The molecule has 2 rings (SSSR count). The first-order chi connectivity index (χ1) is 8.08. The minimum atomic E-state index is -1.14. The summed E-state index contributed by atoms with van der Waals surface area (Å²) in [6.45, 7) is 0.353. The lowest BCUT2D eigenvalue weighted by molar-refractivity contribution is -0.148. The normalized spacial score (nSPS) is 24.2. The number of rotatable bonds is 2. The topological polar surface area (TPSA) is 66.4 Å². The molecule has 1 amide bonds. The van der Waals surface area contributed by atoms with Crippen LogP contribution in [0.4, 0.5) is 4.39 Å². The average Bonchev–Trinajstić information content (AvgIpc) is 2.29. The van der Waals surface area contributed by atoms with Gasteiger partial charge in [-0.05, 0) is 24.1 Å². The minimum Gasteiger partial charge on any atom is -0.481 e. The van der Waals surface area contributed by atoms with Gasteiger partial charge in [0.05, 0.1) is 0 Å². The van der Waals surface area contributed by atoms with Gasteiger partial charge in [-0.25, -0.2) is 4.39 Å². The van der Waals surface area contributed by atoms with E-state index in [0.717, 1.165) is 5.56 Å². The first kappa shape index (κ1) is 11.6. The summed E-state index contributed by atoms with van der Waals surface area (Å²) >= 11 is 0. The highest BCUT2D eigenvalue weighted by molar-refractivity contribution is 5.97. The van der Waals surface area contributed by atoms with Crippen molar-refractivity contribution in [1.29, 1.82) is 0 Å². The zero-order valence-electron chi connectivity index (χ0n) is 9.02. The molecule has 2 N–H and O–H groups in total. The van der Waals surface area contributed by atoms with Crippen LogP contribution in [0.2, 0.25) is 0 Å². The van der Waals surface area contributed by atoms with Crippen LogP contribution in [-0.2, 0) is 9.59 Å². The van der Waals surface area contributed by atoms with Crippen molar-refractivity contribution in [3.8, 4) is 0 Å². The van der Waals surface area contributed by atoms with Gasteiger partial charge in [0, 0.05) is 12.5 Å². The Bertz CT molecular complexity index is 461. The Hall–Kier alpha value is -1.91. The van der Waals surface area contributed by atoms with Crippen molar-refractivity contribution in [2.24, 2.45) is 5.92 Å². The van der Waals surface area contributed by atoms with Crippen LogP contribution in [0.5, 0.6) is 0 Å². The average molecular weight is 237 g/mol. The van der Waals surface area contributed by atoms with Gasteiger partial charge in [-0.15, -0.1) is 0 Å². The molecule has 5 heteroatoms. The number of amides is 1. The highest BCUT2D eigenvalue weighted by atomic mass is 19.1. The molecule has 1 heterocycles. The second kappa shape index (κ2) is 4.53. The van der Waals surface area contributed by atoms with Crippen LogP contribution in [0.25, 0.3) is 0 Å². The largest absolute Gasteiger partial charge is 0.481 e. The molecule has 1 aromatic rings. The lowest BCUT2D eigenvalue weighted by Crippen LogP contribution is -2.43. The summed E-state index contributed by atoms with van der Waals surface area (Å²) in [6, 6.07) is 6.03. The molecule has 90 valence electrons. The standard InChI is InChI=1S/C12H12FNO3/c13-9-3-1-2-7(4-9)8-5-10(12(16)17)11(15)14-6-8/h1-4,8,10H,5-6H2,(H,14,15)(H,16,17)/t8-,10-/m1/s1. The molecule has 0 spiro atoms. The van der Waals surface area contributed by atoms with Crippen LogP contribution >= 0.6 is 0 Å². The lowest BCUT2D eigenvalue weighted by Gasteiger charge is -2.27. The van der Waals surface area contributed by atoms with Crippen molar-refractivity contribution in [2.45, 2.75) is 12.3 Å². The Morgan fingerprint density at radius 1 is 1.47 bits per heavy atom. The molecule has 0 aliphatic carbocycles. The van der Waals surface area contributed by atoms with E-state index in [1.165, 1.54) is 12.1 Å². The number of nitrogens with one attached hydrogen (secondary N) is 1. The molecular formula is C12H12FNO3. The summed E-state index contributed by atoms with van der Waals surface area (Å²) in [5, 5.41) is 11.4. The summed E-state index contributed by atoms with van der Waals surface area (Å²) in [5.41, 5.74) is 0.719. The van der Waals surface area contributed by atoms with Crippen molar-refractivity contribution >= 4 is 11.9 Å². The van der Waals surface area contributed by atoms with Gasteiger partial charge in [-0.2, -0.15) is 0 Å². The number of aliphatic carboxylic acids is 1. The van der Waals surface area contributed by atoms with Crippen molar-refractivity contribution < 1.29 is 19.1 Å². The maximum atomic E-state index is 13.1. The third-order valence-electron chi connectivity index (χ3n) is 2.98. The van der Waals surface area contributed by atoms with E-state index in [4.69, 9.17) is 5.11 Å². The Morgan fingerprint density at radius 2 is 2.24 bits per heavy atom. The molecule has 1 aliphatic heterocycles. The Morgan fingerprint density at radius 3 is 2.88 bits per heavy atom. The first-order valence-corrected chi connectivity index (χ1v) is 5.34. The molecule has 0 radical (unpaired) electrons. The van der Waals surface area contributed by atoms with Gasteiger partial charge in [0.2, 0.25) is 5.91 Å². The number of carboxylic acids is 1. The van der Waals surface area contributed by atoms with Crippen LogP contribution in [0.1, 0.15) is 17.9 Å². The monoisotopic (exact) mass is 237 g/mol. The molecule has 0 unspecified atom stereocenters. The fraction of sp³-hybridized carbons (Fsp3) is 0.333. The maximum Gasteiger partial charge on any atom is 0.316 e. The van der Waals surface area contributed by atoms with E-state index in [-0.39, 0.29) is 18.2 Å². The third-order valence-corrected chi connectivity index (χ3v) is 2.98. The predicted molar refractivity (Wildman–Crippen MR) is 57.9 cm³/mol. The van der Waals surface area contributed by atoms with Gasteiger partial charge >= 0.3 is 5.97 Å². The summed E-state index contributed by atoms with van der Waals surface area (Å²) in [4.78, 5) is 22.2. The van der Waals surface area contributed by atoms with Crippen molar-refractivity contribution in [2.75, 3.05) is 6.54 Å². The highest BCUT2D eigenvalue weighted by Crippen LogP contribution is 2.27. The second-order valence-corrected chi connectivity index (χ2v) is 4.12. The predicted octanol–water partition coefficient (Wildman–Crippen LogP) is 1.13. The van der Waals surface area contributed by atoms with Gasteiger partial charge in [0.1, 0.15) is 11.7 Å². The number of carbonyl (C=O) groups is 2. The zero-order valence-corrected chi connectivity index (χ0v) is 9.02. The van der Waals surface area contributed by atoms with Crippen molar-refractivity contribution in [1.82, 2.24) is 5.32 Å². The number of benzene rings is 1. The molecule has 0 bridgehead atoms. The van der Waals surface area contributed by atoms with Crippen molar-refractivity contribution in [3.63, 3.8) is 0 Å². The molecule has 2 atom stereocenters. The molecule has 1 saturated heterocycles. The highest BCUT2D eigenvalue weighted by Gasteiger charge is 2.34. The SMILES string of the molecule is O=C(O)[C@@H]1C[C@@H](c2cccc(F)c2)CNC1=O. The van der Waals surface area contributed by atoms with Gasteiger partial charge < -0.3 is 10.4 Å². The molecule has 1 fully saturated rings. The summed E-state index contributed by atoms with van der Waals surface area (Å²) in [5.74, 6) is -3.15. The molecular weight excluding hydrogens is 225 g/mol. The van der Waals surface area contributed by atoms with Crippen LogP contribution in [0, 0.1) is 11.7 Å². The number of carbonyl (C=O) groups excluding carboxylic acids is 1. The summed E-state index contributed by atoms with van der Waals surface area (Å²) < 4.78 is 13.1. The smallest absolute Gasteiger partial charge is 0.316 e. The van der Waals surface area contributed by atoms with Crippen molar-refractivity contribution in [3.05, 3.63) is 35.6 Å². The van der Waals surface area contributed by atoms with Crippen LogP contribution in [0.3, 0.4) is 0 Å². The Labute approximate surface area is 97.4 Å². The molecule has 0 saturated carbocycles. The van der Waals surface area contributed by atoms with E-state index in [9.17, 15) is 14.0 Å². The van der Waals surface area contributed by atoms with Gasteiger partial charge in [-0.1, -0.05) is 12.1 Å². The number of halogens is 1. The first-order valence-electron chi connectivity index (χ1n) is 5.34. The van der Waals surface area contributed by atoms with E-state index >= 15 is 0 Å². The van der Waals surface area contributed by atoms with Crippen LogP contribution in [0.15, 0.2) is 24.3 Å². The number of hydrogen-bond donors (Lipinski definition) is 2. The second-order valence-electron chi connectivity index (χ2n) is 4.12. The van der Waals surface area contributed by atoms with E-state index in [0.29, 0.717) is 6.54 Å². The maximum absolute atomic E-state index is 13.1. The fourth-order valence-electron chi connectivity index (χ4n) is 2.05. The van der Waals surface area contributed by atoms with E-state index in [1.54, 1.807) is 12.1 Å². The number of carboxylic acid groups (broad SMARTS) is 1. The molecule has 1 aliphatic rings. The van der Waals surface area contributed by atoms with E-state index in [2.05, 4.69) is 5.32 Å². The third kappa shape index (κ3) is 2.43. The fourth-order valence-corrected chi connectivity index (χ4v) is 2.05. The summed E-state index contributed by atoms with van der Waals surface area (Å²) in [6.07, 6.45) is 0.213. The number of hydrogen-bond acceptors (Lipinski definition) is 2.